The van der Waals surface area contributed by atoms with Crippen LogP contribution in [0, 0.1) is 13.8 Å². The van der Waals surface area contributed by atoms with Crippen LogP contribution in [0.3, 0.4) is 0 Å². The van der Waals surface area contributed by atoms with Crippen molar-refractivity contribution < 1.29 is 4.79 Å². The zero-order valence-electron chi connectivity index (χ0n) is 20.0. The number of carbonyl (C=O) groups is 1. The number of nitrogens with one attached hydrogen (secondary N) is 2. The predicted molar refractivity (Wildman–Crippen MR) is 133 cm³/mol. The van der Waals surface area contributed by atoms with Gasteiger partial charge in [-0.05, 0) is 51.3 Å². The van der Waals surface area contributed by atoms with Crippen molar-refractivity contribution >= 4 is 34.3 Å². The highest BCUT2D eigenvalue weighted by Crippen LogP contribution is 2.32. The van der Waals surface area contributed by atoms with Gasteiger partial charge in [0.2, 0.25) is 5.95 Å². The second-order valence-electron chi connectivity index (χ2n) is 9.26. The van der Waals surface area contributed by atoms with Crippen LogP contribution in [0.5, 0.6) is 0 Å². The molecule has 2 aliphatic rings. The third kappa shape index (κ3) is 4.04. The Morgan fingerprint density at radius 2 is 1.85 bits per heavy atom. The molecule has 0 unspecified atom stereocenters. The number of fused-ring (bicyclic) bond motifs is 1. The first-order chi connectivity index (χ1) is 16.4. The number of aryl methyl sites for hydroxylation is 2. The van der Waals surface area contributed by atoms with Gasteiger partial charge in [0.15, 0.2) is 5.78 Å². The van der Waals surface area contributed by atoms with E-state index >= 15 is 0 Å². The molecule has 1 saturated heterocycles. The molecule has 34 heavy (non-hydrogen) atoms. The Hall–Kier alpha value is -3.33. The fraction of sp³-hybridized carbons (Fsp3) is 0.480. The smallest absolute Gasteiger partial charge is 0.263 e. The van der Waals surface area contributed by atoms with Crippen LogP contribution in [0.1, 0.15) is 60.3 Å². The highest BCUT2D eigenvalue weighted by molar-refractivity contribution is 5.99. The molecule has 0 radical (unpaired) electrons. The number of anilines is 3. The summed E-state index contributed by atoms with van der Waals surface area (Å²) >= 11 is 0. The minimum absolute atomic E-state index is 0.0511. The van der Waals surface area contributed by atoms with E-state index in [-0.39, 0.29) is 22.9 Å². The Morgan fingerprint density at radius 1 is 1.12 bits per heavy atom. The summed E-state index contributed by atoms with van der Waals surface area (Å²) in [4.78, 5) is 42.0. The maximum Gasteiger partial charge on any atom is 0.263 e. The van der Waals surface area contributed by atoms with Gasteiger partial charge in [0.1, 0.15) is 11.5 Å². The third-order valence-corrected chi connectivity index (χ3v) is 7.01. The normalized spacial score (nSPS) is 16.9. The minimum Gasteiger partial charge on any atom is -0.368 e. The highest BCUT2D eigenvalue weighted by atomic mass is 16.1. The van der Waals surface area contributed by atoms with Crippen LogP contribution in [-0.4, -0.2) is 51.5 Å². The monoisotopic (exact) mass is 461 g/mol. The highest BCUT2D eigenvalue weighted by Gasteiger charge is 2.26. The van der Waals surface area contributed by atoms with Gasteiger partial charge < -0.3 is 15.5 Å². The molecule has 0 bridgehead atoms. The Bertz CT molecular complexity index is 1300. The lowest BCUT2D eigenvalue weighted by Crippen LogP contribution is -2.43. The lowest BCUT2D eigenvalue weighted by atomic mass is 10.0. The maximum absolute atomic E-state index is 13.4. The second-order valence-corrected chi connectivity index (χ2v) is 9.26. The van der Waals surface area contributed by atoms with Crippen molar-refractivity contribution in [3.63, 3.8) is 0 Å². The number of pyridine rings is 2. The van der Waals surface area contributed by atoms with Crippen LogP contribution < -0.4 is 21.1 Å². The number of Topliss-reactive ketones (excluding diaryl/α,β-unsaturated/α-hetero) is 1. The van der Waals surface area contributed by atoms with E-state index in [9.17, 15) is 9.59 Å². The summed E-state index contributed by atoms with van der Waals surface area (Å²) in [6.45, 7) is 9.12. The number of rotatable bonds is 5. The fourth-order valence-electron chi connectivity index (χ4n) is 5.29. The molecule has 1 aliphatic heterocycles. The van der Waals surface area contributed by atoms with Crippen LogP contribution in [-0.2, 0) is 0 Å². The molecule has 1 saturated carbocycles. The first-order valence-corrected chi connectivity index (χ1v) is 12.1. The topological polar surface area (TPSA) is 105 Å². The molecule has 9 heteroatoms. The van der Waals surface area contributed by atoms with E-state index < -0.39 is 0 Å². The largest absolute Gasteiger partial charge is 0.368 e. The molecule has 5 rings (SSSR count). The summed E-state index contributed by atoms with van der Waals surface area (Å²) in [5.41, 5.74) is 3.29. The van der Waals surface area contributed by atoms with Crippen LogP contribution in [0.25, 0.3) is 11.0 Å². The first kappa shape index (κ1) is 22.5. The van der Waals surface area contributed by atoms with E-state index in [0.717, 1.165) is 68.6 Å². The van der Waals surface area contributed by atoms with Gasteiger partial charge in [-0.3, -0.25) is 14.2 Å². The summed E-state index contributed by atoms with van der Waals surface area (Å²) in [6, 6.07) is 4.07. The molecule has 2 N–H and O–H groups in total. The van der Waals surface area contributed by atoms with Crippen LogP contribution in [0.2, 0.25) is 0 Å². The second kappa shape index (κ2) is 9.13. The molecule has 0 atom stereocenters. The SMILES string of the molecule is CC(=O)c1c(C)c2cnc(Nc3ccc(N4CCNCC4)c(C)n3)nc2n(C2CCCC2)c1=O. The van der Waals surface area contributed by atoms with Crippen molar-refractivity contribution in [1.82, 2.24) is 24.8 Å². The van der Waals surface area contributed by atoms with E-state index in [1.54, 1.807) is 17.7 Å². The van der Waals surface area contributed by atoms with E-state index in [1.807, 2.05) is 13.0 Å². The Balaban J connectivity index is 1.53. The number of hydrogen-bond donors (Lipinski definition) is 2. The quantitative estimate of drug-likeness (QED) is 0.558. The summed E-state index contributed by atoms with van der Waals surface area (Å²) in [5, 5.41) is 7.32. The Morgan fingerprint density at radius 3 is 2.53 bits per heavy atom. The number of carbonyl (C=O) groups excluding carboxylic acids is 1. The van der Waals surface area contributed by atoms with Crippen molar-refractivity contribution in [2.24, 2.45) is 0 Å². The van der Waals surface area contributed by atoms with E-state index in [1.165, 1.54) is 6.92 Å². The molecule has 4 heterocycles. The molecule has 1 aliphatic carbocycles. The average Bonchev–Trinajstić information content (AvgIpc) is 3.34. The Kier molecular flexibility index (Phi) is 6.03. The average molecular weight is 462 g/mol. The minimum atomic E-state index is -0.247. The fourth-order valence-corrected chi connectivity index (χ4v) is 5.29. The lowest BCUT2D eigenvalue weighted by Gasteiger charge is -2.30. The number of nitrogens with zero attached hydrogens (tertiary/aromatic N) is 5. The van der Waals surface area contributed by atoms with Crippen molar-refractivity contribution in [2.45, 2.75) is 52.5 Å². The van der Waals surface area contributed by atoms with Crippen molar-refractivity contribution in [3.8, 4) is 0 Å². The summed E-state index contributed by atoms with van der Waals surface area (Å²) in [6.07, 6.45) is 5.67. The number of piperazine rings is 1. The van der Waals surface area contributed by atoms with Crippen LogP contribution >= 0.6 is 0 Å². The van der Waals surface area contributed by atoms with Gasteiger partial charge in [-0.2, -0.15) is 4.98 Å². The molecular formula is C25H31N7O2. The standard InChI is InChI=1S/C25H31N7O2/c1-15-19-14-27-25(29-21-9-8-20(16(2)28-21)31-12-10-26-11-13-31)30-23(19)32(18-6-4-5-7-18)24(34)22(15)17(3)33/h8-9,14,18,26H,4-7,10-13H2,1-3H3,(H,27,28,29,30). The molecule has 2 fully saturated rings. The van der Waals surface area contributed by atoms with Crippen molar-refractivity contribution in [3.05, 3.63) is 45.5 Å². The van der Waals surface area contributed by atoms with Gasteiger partial charge in [0.25, 0.3) is 5.56 Å². The zero-order valence-corrected chi connectivity index (χ0v) is 20.0. The number of hydrogen-bond acceptors (Lipinski definition) is 8. The van der Waals surface area contributed by atoms with E-state index in [2.05, 4.69) is 26.6 Å². The predicted octanol–water partition coefficient (Wildman–Crippen LogP) is 3.27. The number of ketones is 1. The molecule has 3 aromatic rings. The van der Waals surface area contributed by atoms with E-state index in [4.69, 9.17) is 9.97 Å². The number of aromatic nitrogens is 4. The molecule has 0 amide bonds. The molecule has 178 valence electrons. The van der Waals surface area contributed by atoms with Gasteiger partial charge in [-0.25, -0.2) is 9.97 Å². The molecule has 0 spiro atoms. The van der Waals surface area contributed by atoms with Crippen molar-refractivity contribution in [1.29, 1.82) is 0 Å². The molecule has 9 nitrogen and oxygen atoms in total. The third-order valence-electron chi connectivity index (χ3n) is 7.01. The van der Waals surface area contributed by atoms with Gasteiger partial charge in [0, 0.05) is 43.8 Å². The Labute approximate surface area is 198 Å². The van der Waals surface area contributed by atoms with Gasteiger partial charge in [-0.15, -0.1) is 0 Å². The molecule has 3 aromatic heterocycles. The summed E-state index contributed by atoms with van der Waals surface area (Å²) in [7, 11) is 0. The van der Waals surface area contributed by atoms with Gasteiger partial charge in [0.05, 0.1) is 16.9 Å². The maximum atomic E-state index is 13.4. The van der Waals surface area contributed by atoms with Crippen LogP contribution in [0.4, 0.5) is 17.5 Å². The molecule has 0 aromatic carbocycles. The van der Waals surface area contributed by atoms with Gasteiger partial charge in [-0.1, -0.05) is 12.8 Å². The summed E-state index contributed by atoms with van der Waals surface area (Å²) in [5.74, 6) is 0.820. The van der Waals surface area contributed by atoms with Crippen LogP contribution in [0.15, 0.2) is 23.1 Å². The first-order valence-electron chi connectivity index (χ1n) is 12.1. The van der Waals surface area contributed by atoms with Crippen molar-refractivity contribution in [2.75, 3.05) is 36.4 Å². The lowest BCUT2D eigenvalue weighted by molar-refractivity contribution is 0.101. The summed E-state index contributed by atoms with van der Waals surface area (Å²) < 4.78 is 1.73. The van der Waals surface area contributed by atoms with Gasteiger partial charge >= 0.3 is 0 Å². The van der Waals surface area contributed by atoms with E-state index in [0.29, 0.717) is 23.0 Å². The zero-order chi connectivity index (χ0) is 23.8. The molecular weight excluding hydrogens is 430 g/mol.